The minimum atomic E-state index is -1.23. The van der Waals surface area contributed by atoms with Crippen molar-refractivity contribution in [2.75, 3.05) is 39.8 Å². The second kappa shape index (κ2) is 10.2. The quantitative estimate of drug-likeness (QED) is 0.613. The maximum absolute atomic E-state index is 14.6. The first-order valence-electron chi connectivity index (χ1n) is 11.8. The molecule has 0 aromatic heterocycles. The van der Waals surface area contributed by atoms with Crippen molar-refractivity contribution >= 4 is 11.8 Å². The van der Waals surface area contributed by atoms with Crippen molar-refractivity contribution in [2.45, 2.75) is 32.4 Å². The highest BCUT2D eigenvalue weighted by molar-refractivity contribution is 5.97. The van der Waals surface area contributed by atoms with Gasteiger partial charge in [0.05, 0.1) is 5.56 Å². The first kappa shape index (κ1) is 24.3. The van der Waals surface area contributed by atoms with Crippen molar-refractivity contribution in [1.82, 2.24) is 14.8 Å². The standard InChI is InChI=1S/C26H32F2N4O2/c1-19(2)25(33)32-26(20-8-5-4-6-9-20,12-7-13-31-16-14-30(3)15-17-31)34-24(29-32)22-18-21(27)10-11-23(22)28/h4-6,8-11,18-19H,7,12-17H2,1-3H3. The molecule has 34 heavy (non-hydrogen) atoms. The van der Waals surface area contributed by atoms with Gasteiger partial charge in [0, 0.05) is 44.1 Å². The van der Waals surface area contributed by atoms with E-state index in [0.717, 1.165) is 62.9 Å². The fourth-order valence-electron chi connectivity index (χ4n) is 4.43. The van der Waals surface area contributed by atoms with Gasteiger partial charge in [-0.1, -0.05) is 44.2 Å². The number of hydrogen-bond donors (Lipinski definition) is 0. The molecule has 0 bridgehead atoms. The number of rotatable bonds is 7. The normalized spacial score (nSPS) is 21.6. The zero-order valence-electron chi connectivity index (χ0n) is 20.0. The second-order valence-corrected chi connectivity index (χ2v) is 9.34. The summed E-state index contributed by atoms with van der Waals surface area (Å²) in [6.07, 6.45) is 1.21. The summed E-state index contributed by atoms with van der Waals surface area (Å²) in [5.41, 5.74) is -0.583. The van der Waals surface area contributed by atoms with Crippen molar-refractivity contribution in [2.24, 2.45) is 11.0 Å². The molecule has 4 rings (SSSR count). The Bertz CT molecular complexity index is 1040. The summed E-state index contributed by atoms with van der Waals surface area (Å²) in [4.78, 5) is 18.0. The fourth-order valence-corrected chi connectivity index (χ4v) is 4.43. The summed E-state index contributed by atoms with van der Waals surface area (Å²) in [6.45, 7) is 8.44. The van der Waals surface area contributed by atoms with Gasteiger partial charge in [-0.15, -0.1) is 5.10 Å². The smallest absolute Gasteiger partial charge is 0.249 e. The SMILES string of the molecule is CC(C)C(=O)N1N=C(c2cc(F)ccc2F)OC1(CCCN1CCN(C)CC1)c1ccccc1. The van der Waals surface area contributed by atoms with Gasteiger partial charge in [0.15, 0.2) is 0 Å². The molecule has 1 fully saturated rings. The van der Waals surface area contributed by atoms with Crippen molar-refractivity contribution in [3.8, 4) is 0 Å². The number of amides is 1. The number of nitrogens with zero attached hydrogens (tertiary/aromatic N) is 4. The number of carbonyl (C=O) groups excluding carboxylic acids is 1. The lowest BCUT2D eigenvalue weighted by molar-refractivity contribution is -0.156. The summed E-state index contributed by atoms with van der Waals surface area (Å²) in [7, 11) is 2.12. The van der Waals surface area contributed by atoms with Crippen LogP contribution < -0.4 is 0 Å². The monoisotopic (exact) mass is 470 g/mol. The van der Waals surface area contributed by atoms with E-state index in [4.69, 9.17) is 4.74 Å². The lowest BCUT2D eigenvalue weighted by Crippen LogP contribution is -2.48. The fraction of sp³-hybridized carbons (Fsp3) is 0.462. The maximum atomic E-state index is 14.6. The van der Waals surface area contributed by atoms with E-state index in [9.17, 15) is 13.6 Å². The van der Waals surface area contributed by atoms with Gasteiger partial charge >= 0.3 is 0 Å². The molecule has 1 atom stereocenters. The molecule has 0 aliphatic carbocycles. The Morgan fingerprint density at radius 2 is 1.79 bits per heavy atom. The molecule has 0 radical (unpaired) electrons. The molecule has 2 aliphatic rings. The third kappa shape index (κ3) is 4.98. The van der Waals surface area contributed by atoms with E-state index in [1.807, 2.05) is 30.3 Å². The number of carbonyl (C=O) groups is 1. The Balaban J connectivity index is 1.68. The minimum absolute atomic E-state index is 0.0885. The van der Waals surface area contributed by atoms with Gasteiger partial charge in [0.25, 0.3) is 0 Å². The molecule has 1 saturated heterocycles. The van der Waals surface area contributed by atoms with E-state index in [2.05, 4.69) is 21.9 Å². The number of piperazine rings is 1. The first-order valence-corrected chi connectivity index (χ1v) is 11.8. The van der Waals surface area contributed by atoms with Crippen molar-refractivity contribution < 1.29 is 18.3 Å². The van der Waals surface area contributed by atoms with Crippen molar-refractivity contribution in [3.05, 3.63) is 71.3 Å². The van der Waals surface area contributed by atoms with Gasteiger partial charge in [-0.25, -0.2) is 8.78 Å². The average Bonchev–Trinajstić information content (AvgIpc) is 3.22. The molecule has 1 unspecified atom stereocenters. The molecule has 2 aromatic carbocycles. The van der Waals surface area contributed by atoms with Crippen LogP contribution in [0.15, 0.2) is 53.6 Å². The highest BCUT2D eigenvalue weighted by Crippen LogP contribution is 2.42. The summed E-state index contributed by atoms with van der Waals surface area (Å²) in [5.74, 6) is -1.94. The third-order valence-corrected chi connectivity index (χ3v) is 6.47. The molecular formula is C26H32F2N4O2. The van der Waals surface area contributed by atoms with E-state index in [1.165, 1.54) is 5.01 Å². The zero-order chi connectivity index (χ0) is 24.3. The van der Waals surface area contributed by atoms with E-state index in [-0.39, 0.29) is 23.3 Å². The lowest BCUT2D eigenvalue weighted by atomic mass is 9.95. The van der Waals surface area contributed by atoms with Crippen LogP contribution in [-0.2, 0) is 15.3 Å². The third-order valence-electron chi connectivity index (χ3n) is 6.47. The number of ether oxygens (including phenoxy) is 1. The summed E-state index contributed by atoms with van der Waals surface area (Å²) < 4.78 is 35.0. The van der Waals surface area contributed by atoms with Crippen LogP contribution in [0.25, 0.3) is 0 Å². The first-order chi connectivity index (χ1) is 16.3. The number of hydrogen-bond acceptors (Lipinski definition) is 5. The minimum Gasteiger partial charge on any atom is -0.443 e. The molecule has 2 heterocycles. The number of halogens is 2. The summed E-state index contributed by atoms with van der Waals surface area (Å²) in [6, 6.07) is 12.6. The van der Waals surface area contributed by atoms with Crippen molar-refractivity contribution in [3.63, 3.8) is 0 Å². The van der Waals surface area contributed by atoms with E-state index in [0.29, 0.717) is 6.42 Å². The molecule has 0 spiro atoms. The van der Waals surface area contributed by atoms with Gasteiger partial charge in [-0.2, -0.15) is 5.01 Å². The molecule has 0 saturated carbocycles. The van der Waals surface area contributed by atoms with Crippen LogP contribution in [-0.4, -0.2) is 66.4 Å². The van der Waals surface area contributed by atoms with Crippen LogP contribution in [0.2, 0.25) is 0 Å². The summed E-state index contributed by atoms with van der Waals surface area (Å²) in [5, 5.41) is 5.78. The average molecular weight is 471 g/mol. The van der Waals surface area contributed by atoms with Gasteiger partial charge in [-0.05, 0) is 38.2 Å². The van der Waals surface area contributed by atoms with Crippen LogP contribution in [0.1, 0.15) is 37.8 Å². The van der Waals surface area contributed by atoms with Crippen LogP contribution in [0.5, 0.6) is 0 Å². The van der Waals surface area contributed by atoms with Crippen molar-refractivity contribution in [1.29, 1.82) is 0 Å². The number of likely N-dealkylation sites (N-methyl/N-ethyl adjacent to an activating group) is 1. The molecule has 2 aromatic rings. The Morgan fingerprint density at radius 3 is 2.47 bits per heavy atom. The highest BCUT2D eigenvalue weighted by atomic mass is 19.1. The van der Waals surface area contributed by atoms with Crippen LogP contribution in [0.3, 0.4) is 0 Å². The molecule has 1 amide bonds. The second-order valence-electron chi connectivity index (χ2n) is 9.34. The number of hydrazone groups is 1. The predicted molar refractivity (Wildman–Crippen MR) is 127 cm³/mol. The maximum Gasteiger partial charge on any atom is 0.249 e. The van der Waals surface area contributed by atoms with Gasteiger partial charge in [0.1, 0.15) is 11.6 Å². The van der Waals surface area contributed by atoms with E-state index in [1.54, 1.807) is 13.8 Å². The Hall–Kier alpha value is -2.84. The topological polar surface area (TPSA) is 48.4 Å². The molecule has 8 heteroatoms. The summed E-state index contributed by atoms with van der Waals surface area (Å²) >= 11 is 0. The lowest BCUT2D eigenvalue weighted by Gasteiger charge is -2.37. The molecule has 2 aliphatic heterocycles. The molecular weight excluding hydrogens is 438 g/mol. The zero-order valence-corrected chi connectivity index (χ0v) is 20.0. The highest BCUT2D eigenvalue weighted by Gasteiger charge is 2.50. The van der Waals surface area contributed by atoms with Gasteiger partial charge in [-0.3, -0.25) is 4.79 Å². The van der Waals surface area contributed by atoms with Crippen LogP contribution >= 0.6 is 0 Å². The number of benzene rings is 2. The Kier molecular flexibility index (Phi) is 7.28. The predicted octanol–water partition coefficient (Wildman–Crippen LogP) is 4.02. The Labute approximate surface area is 199 Å². The molecule has 6 nitrogen and oxygen atoms in total. The van der Waals surface area contributed by atoms with Gasteiger partial charge in [0.2, 0.25) is 17.5 Å². The van der Waals surface area contributed by atoms with Crippen LogP contribution in [0, 0.1) is 17.6 Å². The largest absolute Gasteiger partial charge is 0.443 e. The molecule has 182 valence electrons. The van der Waals surface area contributed by atoms with E-state index < -0.39 is 17.4 Å². The van der Waals surface area contributed by atoms with Gasteiger partial charge < -0.3 is 14.5 Å². The molecule has 0 N–H and O–H groups in total. The van der Waals surface area contributed by atoms with Crippen LogP contribution in [0.4, 0.5) is 8.78 Å². The Morgan fingerprint density at radius 1 is 1.09 bits per heavy atom. The van der Waals surface area contributed by atoms with E-state index >= 15 is 0 Å².